The van der Waals surface area contributed by atoms with Crippen molar-refractivity contribution in [2.45, 2.75) is 20.3 Å². The minimum atomic E-state index is 0.278. The van der Waals surface area contributed by atoms with E-state index in [1.165, 1.54) is 0 Å². The lowest BCUT2D eigenvalue weighted by Gasteiger charge is -2.08. The smallest absolute Gasteiger partial charge is 0.115 e. The Hall–Kier alpha value is -2.09. The topological polar surface area (TPSA) is 32.6 Å². The van der Waals surface area contributed by atoms with Crippen LogP contribution >= 0.6 is 0 Å². The zero-order chi connectivity index (χ0) is 13.0. The summed E-state index contributed by atoms with van der Waals surface area (Å²) in [5.74, 6) is 0.278. The molecule has 1 aliphatic carbocycles. The standard InChI is InChI=1S/C16H17NO/c1-3-6-13-7-4-5-8-16(13)17-15-10-9-14(18)11-12(15)2/h4-11,18H,3H2,1-2H3/b13-6+,17-16-. The molecule has 0 heterocycles. The van der Waals surface area contributed by atoms with E-state index in [0.29, 0.717) is 0 Å². The molecule has 1 aromatic rings. The Bertz CT molecular complexity index is 562. The molecule has 0 aliphatic heterocycles. The second-order valence-electron chi connectivity index (χ2n) is 4.25. The van der Waals surface area contributed by atoms with Gasteiger partial charge in [0.05, 0.1) is 11.4 Å². The number of nitrogens with zero attached hydrogens (tertiary/aromatic N) is 1. The second kappa shape index (κ2) is 5.50. The van der Waals surface area contributed by atoms with Gasteiger partial charge >= 0.3 is 0 Å². The van der Waals surface area contributed by atoms with Gasteiger partial charge < -0.3 is 5.11 Å². The molecule has 0 fully saturated rings. The van der Waals surface area contributed by atoms with Gasteiger partial charge in [0.25, 0.3) is 0 Å². The van der Waals surface area contributed by atoms with Crippen molar-refractivity contribution in [3.8, 4) is 5.75 Å². The molecule has 0 unspecified atom stereocenters. The molecule has 0 amide bonds. The molecule has 1 aromatic carbocycles. The van der Waals surface area contributed by atoms with Crippen LogP contribution in [-0.4, -0.2) is 10.8 Å². The average molecular weight is 239 g/mol. The molecule has 0 bridgehead atoms. The summed E-state index contributed by atoms with van der Waals surface area (Å²) < 4.78 is 0. The zero-order valence-corrected chi connectivity index (χ0v) is 10.7. The van der Waals surface area contributed by atoms with Crippen molar-refractivity contribution in [3.05, 3.63) is 59.7 Å². The number of benzene rings is 1. The highest BCUT2D eigenvalue weighted by Gasteiger charge is 2.05. The third-order valence-electron chi connectivity index (χ3n) is 2.78. The molecular weight excluding hydrogens is 222 g/mol. The summed E-state index contributed by atoms with van der Waals surface area (Å²) >= 11 is 0. The minimum Gasteiger partial charge on any atom is -0.508 e. The zero-order valence-electron chi connectivity index (χ0n) is 10.7. The van der Waals surface area contributed by atoms with Gasteiger partial charge in [0, 0.05) is 0 Å². The van der Waals surface area contributed by atoms with Crippen LogP contribution in [0.1, 0.15) is 18.9 Å². The molecule has 0 radical (unpaired) electrons. The van der Waals surface area contributed by atoms with Gasteiger partial charge in [-0.25, -0.2) is 4.99 Å². The SMILES string of the molecule is CC/C=C1\C=CC=C\C1=N\c1ccc(O)cc1C. The van der Waals surface area contributed by atoms with Crippen molar-refractivity contribution >= 4 is 11.4 Å². The number of aliphatic imine (C=N–C) groups is 1. The highest BCUT2D eigenvalue weighted by Crippen LogP contribution is 2.24. The van der Waals surface area contributed by atoms with E-state index >= 15 is 0 Å². The predicted molar refractivity (Wildman–Crippen MR) is 76.6 cm³/mol. The third-order valence-corrected chi connectivity index (χ3v) is 2.78. The number of phenolic OH excluding ortho intramolecular Hbond substituents is 1. The quantitative estimate of drug-likeness (QED) is 0.822. The van der Waals surface area contributed by atoms with Gasteiger partial charge in [-0.05, 0) is 48.8 Å². The maximum absolute atomic E-state index is 9.39. The van der Waals surface area contributed by atoms with Crippen molar-refractivity contribution in [3.63, 3.8) is 0 Å². The van der Waals surface area contributed by atoms with Gasteiger partial charge in [-0.15, -0.1) is 0 Å². The molecule has 1 aliphatic rings. The van der Waals surface area contributed by atoms with Gasteiger partial charge in [0.15, 0.2) is 0 Å². The first-order valence-electron chi connectivity index (χ1n) is 6.14. The maximum Gasteiger partial charge on any atom is 0.115 e. The molecule has 0 aromatic heterocycles. The van der Waals surface area contributed by atoms with E-state index in [4.69, 9.17) is 0 Å². The van der Waals surface area contributed by atoms with Gasteiger partial charge in [-0.2, -0.15) is 0 Å². The third kappa shape index (κ3) is 2.77. The summed E-state index contributed by atoms with van der Waals surface area (Å²) in [7, 11) is 0. The molecule has 92 valence electrons. The number of aryl methyl sites for hydroxylation is 1. The van der Waals surface area contributed by atoms with Gasteiger partial charge in [-0.1, -0.05) is 31.2 Å². The lowest BCUT2D eigenvalue weighted by Crippen LogP contribution is -1.99. The van der Waals surface area contributed by atoms with Crippen LogP contribution in [0.25, 0.3) is 0 Å². The first-order chi connectivity index (χ1) is 8.70. The Labute approximate surface area is 108 Å². The van der Waals surface area contributed by atoms with Crippen molar-refractivity contribution < 1.29 is 5.11 Å². The molecule has 2 rings (SSSR count). The predicted octanol–water partition coefficient (Wildman–Crippen LogP) is 4.24. The molecule has 0 spiro atoms. The van der Waals surface area contributed by atoms with E-state index in [-0.39, 0.29) is 5.75 Å². The minimum absolute atomic E-state index is 0.278. The Kier molecular flexibility index (Phi) is 3.78. The van der Waals surface area contributed by atoms with Crippen molar-refractivity contribution in [2.75, 3.05) is 0 Å². The summed E-state index contributed by atoms with van der Waals surface area (Å²) in [6.07, 6.45) is 11.2. The van der Waals surface area contributed by atoms with Crippen LogP contribution in [0.4, 0.5) is 5.69 Å². The number of aromatic hydroxyl groups is 1. The van der Waals surface area contributed by atoms with Crippen LogP contribution in [0.15, 0.2) is 59.1 Å². The summed E-state index contributed by atoms with van der Waals surface area (Å²) in [6, 6.07) is 5.23. The lowest BCUT2D eigenvalue weighted by atomic mass is 10.0. The number of allylic oxidation sites excluding steroid dienone is 6. The number of rotatable bonds is 2. The summed E-state index contributed by atoms with van der Waals surface area (Å²) in [5, 5.41) is 9.39. The normalized spacial score (nSPS) is 18.8. The Balaban J connectivity index is 2.40. The van der Waals surface area contributed by atoms with Crippen LogP contribution in [0.2, 0.25) is 0 Å². The van der Waals surface area contributed by atoms with E-state index in [1.54, 1.807) is 12.1 Å². The van der Waals surface area contributed by atoms with Crippen LogP contribution in [0, 0.1) is 6.92 Å². The molecule has 0 atom stereocenters. The molecule has 2 nitrogen and oxygen atoms in total. The van der Waals surface area contributed by atoms with Crippen LogP contribution in [0.5, 0.6) is 5.75 Å². The van der Waals surface area contributed by atoms with Crippen molar-refractivity contribution in [1.29, 1.82) is 0 Å². The average Bonchev–Trinajstić information content (AvgIpc) is 2.35. The monoisotopic (exact) mass is 239 g/mol. The van der Waals surface area contributed by atoms with E-state index in [0.717, 1.165) is 29.0 Å². The fraction of sp³-hybridized carbons (Fsp3) is 0.188. The van der Waals surface area contributed by atoms with Crippen LogP contribution in [0.3, 0.4) is 0 Å². The van der Waals surface area contributed by atoms with E-state index < -0.39 is 0 Å². The molecule has 2 heteroatoms. The van der Waals surface area contributed by atoms with Gasteiger partial charge in [0.1, 0.15) is 5.75 Å². The van der Waals surface area contributed by atoms with Crippen LogP contribution < -0.4 is 0 Å². The number of hydrogen-bond donors (Lipinski definition) is 1. The Morgan fingerprint density at radius 1 is 1.22 bits per heavy atom. The highest BCUT2D eigenvalue weighted by atomic mass is 16.3. The summed E-state index contributed by atoms with van der Waals surface area (Å²) in [4.78, 5) is 4.66. The fourth-order valence-electron chi connectivity index (χ4n) is 1.88. The maximum atomic E-state index is 9.39. The number of hydrogen-bond acceptors (Lipinski definition) is 2. The highest BCUT2D eigenvalue weighted by molar-refractivity contribution is 6.12. The van der Waals surface area contributed by atoms with E-state index in [9.17, 15) is 5.11 Å². The largest absolute Gasteiger partial charge is 0.508 e. The van der Waals surface area contributed by atoms with E-state index in [1.807, 2.05) is 31.2 Å². The van der Waals surface area contributed by atoms with Crippen LogP contribution in [-0.2, 0) is 0 Å². The second-order valence-corrected chi connectivity index (χ2v) is 4.25. The summed E-state index contributed by atoms with van der Waals surface area (Å²) in [6.45, 7) is 4.06. The molecule has 0 saturated carbocycles. The van der Waals surface area contributed by atoms with Gasteiger partial charge in [0.2, 0.25) is 0 Å². The molecular formula is C16H17NO. The summed E-state index contributed by atoms with van der Waals surface area (Å²) in [5.41, 5.74) is 3.98. The van der Waals surface area contributed by atoms with Gasteiger partial charge in [-0.3, -0.25) is 0 Å². The first-order valence-corrected chi connectivity index (χ1v) is 6.14. The Morgan fingerprint density at radius 2 is 2.00 bits per heavy atom. The van der Waals surface area contributed by atoms with Crippen molar-refractivity contribution in [1.82, 2.24) is 0 Å². The first kappa shape index (κ1) is 12.4. The lowest BCUT2D eigenvalue weighted by molar-refractivity contribution is 0.475. The molecule has 18 heavy (non-hydrogen) atoms. The molecule has 1 N–H and O–H groups in total. The van der Waals surface area contributed by atoms with E-state index in [2.05, 4.69) is 24.1 Å². The fourth-order valence-corrected chi connectivity index (χ4v) is 1.88. The Morgan fingerprint density at radius 3 is 2.72 bits per heavy atom. The number of phenols is 1. The molecule has 0 saturated heterocycles. The van der Waals surface area contributed by atoms with Crippen molar-refractivity contribution in [2.24, 2.45) is 4.99 Å².